The molecule has 2 aromatic rings. The average molecular weight is 418 g/mol. The van der Waals surface area contributed by atoms with Crippen molar-refractivity contribution in [3.63, 3.8) is 0 Å². The molecule has 0 unspecified atom stereocenters. The third-order valence-electron chi connectivity index (χ3n) is 5.85. The van der Waals surface area contributed by atoms with E-state index in [4.69, 9.17) is 19.2 Å². The SMILES string of the molecule is CC(C)OC1=CC(c2cccc(NC(=O)C3(c4ccc5c(c4)OCO5)CC3)n2)=CCC1. The van der Waals surface area contributed by atoms with E-state index < -0.39 is 5.41 Å². The molecule has 0 bridgehead atoms. The quantitative estimate of drug-likeness (QED) is 0.718. The summed E-state index contributed by atoms with van der Waals surface area (Å²) in [4.78, 5) is 17.9. The minimum Gasteiger partial charge on any atom is -0.495 e. The Morgan fingerprint density at radius 3 is 2.81 bits per heavy atom. The topological polar surface area (TPSA) is 69.7 Å². The number of fused-ring (bicyclic) bond motifs is 1. The molecule has 2 aliphatic carbocycles. The van der Waals surface area contributed by atoms with Gasteiger partial charge in [-0.3, -0.25) is 4.79 Å². The zero-order chi connectivity index (χ0) is 21.4. The highest BCUT2D eigenvalue weighted by Crippen LogP contribution is 2.51. The van der Waals surface area contributed by atoms with E-state index in [9.17, 15) is 4.79 Å². The summed E-state index contributed by atoms with van der Waals surface area (Å²) in [6, 6.07) is 11.5. The fourth-order valence-corrected chi connectivity index (χ4v) is 4.12. The maximum Gasteiger partial charge on any atom is 0.236 e. The Kier molecular flexibility index (Phi) is 4.93. The Labute approximate surface area is 181 Å². The summed E-state index contributed by atoms with van der Waals surface area (Å²) in [6.07, 6.45) is 7.79. The van der Waals surface area contributed by atoms with E-state index in [0.29, 0.717) is 11.6 Å². The minimum atomic E-state index is -0.527. The van der Waals surface area contributed by atoms with Gasteiger partial charge in [0.05, 0.1) is 23.0 Å². The van der Waals surface area contributed by atoms with Crippen LogP contribution in [0.15, 0.2) is 54.3 Å². The highest BCUT2D eigenvalue weighted by molar-refractivity contribution is 6.01. The van der Waals surface area contributed by atoms with Crippen LogP contribution in [-0.2, 0) is 14.9 Å². The Balaban J connectivity index is 1.34. The van der Waals surface area contributed by atoms with E-state index in [-0.39, 0.29) is 18.8 Å². The fraction of sp³-hybridized carbons (Fsp3) is 0.360. The predicted octanol–water partition coefficient (Wildman–Crippen LogP) is 4.97. The number of amides is 1. The molecule has 3 aliphatic rings. The van der Waals surface area contributed by atoms with Gasteiger partial charge >= 0.3 is 0 Å². The molecule has 1 saturated carbocycles. The predicted molar refractivity (Wildman–Crippen MR) is 118 cm³/mol. The van der Waals surface area contributed by atoms with Gasteiger partial charge in [-0.25, -0.2) is 4.98 Å². The van der Waals surface area contributed by atoms with Crippen LogP contribution >= 0.6 is 0 Å². The first-order valence-corrected chi connectivity index (χ1v) is 10.8. The molecule has 31 heavy (non-hydrogen) atoms. The summed E-state index contributed by atoms with van der Waals surface area (Å²) in [5.41, 5.74) is 2.28. The molecule has 1 aliphatic heterocycles. The van der Waals surface area contributed by atoms with Crippen molar-refractivity contribution in [2.75, 3.05) is 12.1 Å². The van der Waals surface area contributed by atoms with Gasteiger partial charge in [-0.05, 0) is 74.6 Å². The first-order chi connectivity index (χ1) is 15.0. The number of benzene rings is 1. The number of allylic oxidation sites excluding steroid dienone is 4. The van der Waals surface area contributed by atoms with Gasteiger partial charge in [-0.2, -0.15) is 0 Å². The van der Waals surface area contributed by atoms with Crippen LogP contribution in [0.25, 0.3) is 5.57 Å². The Hall–Kier alpha value is -3.28. The third-order valence-corrected chi connectivity index (χ3v) is 5.85. The van der Waals surface area contributed by atoms with Crippen molar-refractivity contribution in [2.45, 2.75) is 51.0 Å². The molecule has 160 valence electrons. The van der Waals surface area contributed by atoms with Gasteiger partial charge in [0.2, 0.25) is 12.7 Å². The molecule has 0 radical (unpaired) electrons. The zero-order valence-corrected chi connectivity index (χ0v) is 17.8. The molecule has 1 aromatic carbocycles. The Morgan fingerprint density at radius 1 is 1.16 bits per heavy atom. The number of hydrogen-bond acceptors (Lipinski definition) is 5. The molecule has 1 amide bonds. The lowest BCUT2D eigenvalue weighted by Gasteiger charge is -2.18. The number of carbonyl (C=O) groups excluding carboxylic acids is 1. The number of carbonyl (C=O) groups is 1. The summed E-state index contributed by atoms with van der Waals surface area (Å²) in [5.74, 6) is 2.92. The van der Waals surface area contributed by atoms with Crippen LogP contribution in [0.3, 0.4) is 0 Å². The average Bonchev–Trinajstić information content (AvgIpc) is 3.45. The molecular formula is C25H26N2O4. The second-order valence-corrected chi connectivity index (χ2v) is 8.49. The molecule has 1 fully saturated rings. The molecule has 0 saturated heterocycles. The van der Waals surface area contributed by atoms with Crippen molar-refractivity contribution in [1.29, 1.82) is 0 Å². The van der Waals surface area contributed by atoms with Crippen LogP contribution in [0.2, 0.25) is 0 Å². The number of hydrogen-bond donors (Lipinski definition) is 1. The van der Waals surface area contributed by atoms with E-state index in [2.05, 4.69) is 11.4 Å². The van der Waals surface area contributed by atoms with E-state index in [1.807, 2.05) is 56.3 Å². The third kappa shape index (κ3) is 3.90. The smallest absolute Gasteiger partial charge is 0.236 e. The van der Waals surface area contributed by atoms with Crippen LogP contribution in [0, 0.1) is 0 Å². The van der Waals surface area contributed by atoms with Gasteiger partial charge in [-0.1, -0.05) is 18.2 Å². The summed E-state index contributed by atoms with van der Waals surface area (Å²) in [5, 5.41) is 3.03. The first-order valence-electron chi connectivity index (χ1n) is 10.8. The highest BCUT2D eigenvalue weighted by atomic mass is 16.7. The molecule has 1 aromatic heterocycles. The number of nitrogens with zero attached hydrogens (tertiary/aromatic N) is 1. The summed E-state index contributed by atoms with van der Waals surface area (Å²) in [7, 11) is 0. The number of anilines is 1. The lowest BCUT2D eigenvalue weighted by atomic mass is 9.94. The molecular weight excluding hydrogens is 392 g/mol. The minimum absolute atomic E-state index is 0.0342. The van der Waals surface area contributed by atoms with Crippen molar-refractivity contribution in [2.24, 2.45) is 0 Å². The van der Waals surface area contributed by atoms with Gasteiger partial charge in [0.1, 0.15) is 5.82 Å². The molecule has 2 heterocycles. The second-order valence-electron chi connectivity index (χ2n) is 8.49. The monoisotopic (exact) mass is 418 g/mol. The lowest BCUT2D eigenvalue weighted by molar-refractivity contribution is -0.118. The van der Waals surface area contributed by atoms with E-state index in [1.54, 1.807) is 0 Å². The number of pyridine rings is 1. The van der Waals surface area contributed by atoms with Crippen LogP contribution in [-0.4, -0.2) is 23.8 Å². The number of nitrogens with one attached hydrogen (secondary N) is 1. The van der Waals surface area contributed by atoms with Crippen molar-refractivity contribution in [3.8, 4) is 11.5 Å². The summed E-state index contributed by atoms with van der Waals surface area (Å²) >= 11 is 0. The van der Waals surface area contributed by atoms with Crippen LogP contribution in [0.5, 0.6) is 11.5 Å². The molecule has 1 N–H and O–H groups in total. The van der Waals surface area contributed by atoms with Crippen LogP contribution < -0.4 is 14.8 Å². The van der Waals surface area contributed by atoms with Crippen molar-refractivity contribution >= 4 is 17.3 Å². The first kappa shape index (κ1) is 19.7. The van der Waals surface area contributed by atoms with Gasteiger partial charge in [0.25, 0.3) is 0 Å². The molecule has 6 nitrogen and oxygen atoms in total. The Bertz CT molecular complexity index is 1080. The maximum absolute atomic E-state index is 13.2. The number of ether oxygens (including phenoxy) is 3. The fourth-order valence-electron chi connectivity index (χ4n) is 4.12. The highest BCUT2D eigenvalue weighted by Gasteiger charge is 2.51. The second kappa shape index (κ2) is 7.76. The normalized spacial score (nSPS) is 18.3. The van der Waals surface area contributed by atoms with Gasteiger partial charge < -0.3 is 19.5 Å². The summed E-state index contributed by atoms with van der Waals surface area (Å²) < 4.78 is 16.8. The van der Waals surface area contributed by atoms with Crippen molar-refractivity contribution in [1.82, 2.24) is 4.98 Å². The van der Waals surface area contributed by atoms with Crippen molar-refractivity contribution in [3.05, 3.63) is 65.6 Å². The largest absolute Gasteiger partial charge is 0.495 e. The lowest BCUT2D eigenvalue weighted by Crippen LogP contribution is -2.28. The molecule has 5 rings (SSSR count). The zero-order valence-electron chi connectivity index (χ0n) is 17.8. The van der Waals surface area contributed by atoms with E-state index >= 15 is 0 Å². The number of rotatable bonds is 6. The number of aromatic nitrogens is 1. The Morgan fingerprint density at radius 2 is 2.00 bits per heavy atom. The maximum atomic E-state index is 13.2. The van der Waals surface area contributed by atoms with E-state index in [1.165, 1.54) is 0 Å². The molecule has 0 spiro atoms. The van der Waals surface area contributed by atoms with E-state index in [0.717, 1.165) is 54.0 Å². The van der Waals surface area contributed by atoms with Gasteiger partial charge in [-0.15, -0.1) is 0 Å². The van der Waals surface area contributed by atoms with Crippen LogP contribution in [0.1, 0.15) is 50.8 Å². The van der Waals surface area contributed by atoms with Gasteiger partial charge in [0, 0.05) is 6.42 Å². The summed E-state index contributed by atoms with van der Waals surface area (Å²) in [6.45, 7) is 4.28. The van der Waals surface area contributed by atoms with Crippen molar-refractivity contribution < 1.29 is 19.0 Å². The van der Waals surface area contributed by atoms with Crippen LogP contribution in [0.4, 0.5) is 5.82 Å². The van der Waals surface area contributed by atoms with Gasteiger partial charge in [0.15, 0.2) is 11.5 Å². The molecule has 6 heteroatoms. The standard InChI is InChI=1S/C25H26N2O4/c1-16(2)31-19-6-3-5-17(13-19)20-7-4-8-23(26-20)27-24(28)25(11-12-25)18-9-10-21-22(14-18)30-15-29-21/h4-5,7-10,13-14,16H,3,6,11-12,15H2,1-2H3,(H,26,27,28). The molecule has 0 atom stereocenters.